The molecule has 1 unspecified atom stereocenters. The first-order chi connectivity index (χ1) is 8.53. The van der Waals surface area contributed by atoms with Crippen molar-refractivity contribution in [1.29, 1.82) is 0 Å². The molecule has 0 aliphatic carbocycles. The third kappa shape index (κ3) is 2.23. The maximum absolute atomic E-state index is 12.3. The molecule has 1 N–H and O–H groups in total. The number of hydrogen-bond acceptors (Lipinski definition) is 5. The second kappa shape index (κ2) is 4.81. The van der Waals surface area contributed by atoms with Crippen molar-refractivity contribution < 1.29 is 13.5 Å². The van der Waals surface area contributed by atoms with Crippen LogP contribution in [0, 0.1) is 5.21 Å². The lowest BCUT2D eigenvalue weighted by molar-refractivity contribution is -0.753. The van der Waals surface area contributed by atoms with E-state index in [9.17, 15) is 13.6 Å². The van der Waals surface area contributed by atoms with Gasteiger partial charge in [-0.1, -0.05) is 12.1 Å². The van der Waals surface area contributed by atoms with E-state index in [1.54, 1.807) is 12.1 Å². The maximum atomic E-state index is 12.3. The zero-order valence-electron chi connectivity index (χ0n) is 9.57. The molecule has 1 aromatic heterocycles. The Morgan fingerprint density at radius 3 is 2.50 bits per heavy atom. The summed E-state index contributed by atoms with van der Waals surface area (Å²) < 4.78 is 24.6. The molecule has 0 spiro atoms. The molecule has 2 rings (SSSR count). The quantitative estimate of drug-likeness (QED) is 0.786. The molecule has 0 radical (unpaired) electrons. The molecular weight excluding hydrogens is 254 g/mol. The fourth-order valence-corrected chi connectivity index (χ4v) is 2.93. The molecule has 0 amide bonds. The Hall–Kier alpha value is -1.83. The predicted molar refractivity (Wildman–Crippen MR) is 63.8 cm³/mol. The van der Waals surface area contributed by atoms with Crippen LogP contribution in [0.25, 0.3) is 0 Å². The summed E-state index contributed by atoms with van der Waals surface area (Å²) in [7, 11) is -2.48. The van der Waals surface area contributed by atoms with Gasteiger partial charge in [-0.2, -0.15) is 5.10 Å². The minimum absolute atomic E-state index is 0.0435. The third-order valence-electron chi connectivity index (χ3n) is 2.38. The van der Waals surface area contributed by atoms with Gasteiger partial charge >= 0.3 is 0 Å². The van der Waals surface area contributed by atoms with Crippen molar-refractivity contribution in [2.45, 2.75) is 9.92 Å². The van der Waals surface area contributed by atoms with Gasteiger partial charge in [0.2, 0.25) is 9.84 Å². The number of nitrogens with zero attached hydrogens (tertiary/aromatic N) is 2. The number of nitrogens with one attached hydrogen (secondary N) is 1. The molecule has 0 aliphatic rings. The lowest BCUT2D eigenvalue weighted by Gasteiger charge is -2.18. The third-order valence-corrected chi connectivity index (χ3v) is 4.08. The van der Waals surface area contributed by atoms with Crippen LogP contribution in [0.4, 0.5) is 5.69 Å². The van der Waals surface area contributed by atoms with Crippen molar-refractivity contribution in [2.24, 2.45) is 0 Å². The first kappa shape index (κ1) is 12.6. The van der Waals surface area contributed by atoms with Crippen LogP contribution in [0.1, 0.15) is 0 Å². The predicted octanol–water partition coefficient (Wildman–Crippen LogP) is -0.0466. The van der Waals surface area contributed by atoms with Gasteiger partial charge in [-0.3, -0.25) is 0 Å². The van der Waals surface area contributed by atoms with E-state index in [0.29, 0.717) is 0 Å². The summed E-state index contributed by atoms with van der Waals surface area (Å²) in [6.45, 7) is 0. The molecule has 2 aromatic rings. The number of hydroxylamine groups is 1. The first-order valence-corrected chi connectivity index (χ1v) is 6.64. The van der Waals surface area contributed by atoms with Crippen molar-refractivity contribution in [3.05, 3.63) is 47.8 Å². The SMILES string of the molecule is C[NH+]([O-])c1ccccc1S(=O)(=O)c1cccnn1. The van der Waals surface area contributed by atoms with E-state index in [-0.39, 0.29) is 20.7 Å². The highest BCUT2D eigenvalue weighted by molar-refractivity contribution is 7.91. The Morgan fingerprint density at radius 1 is 1.17 bits per heavy atom. The van der Waals surface area contributed by atoms with Gasteiger partial charge in [0, 0.05) is 12.3 Å². The van der Waals surface area contributed by atoms with E-state index < -0.39 is 9.84 Å². The Kier molecular flexibility index (Phi) is 3.37. The Balaban J connectivity index is 2.63. The van der Waals surface area contributed by atoms with Gasteiger partial charge in [-0.15, -0.1) is 5.10 Å². The van der Waals surface area contributed by atoms with E-state index in [1.807, 2.05) is 0 Å². The highest BCUT2D eigenvalue weighted by Gasteiger charge is 2.25. The molecule has 0 saturated carbocycles. The average Bonchev–Trinajstić information content (AvgIpc) is 2.39. The van der Waals surface area contributed by atoms with Gasteiger partial charge < -0.3 is 10.3 Å². The van der Waals surface area contributed by atoms with Crippen LogP contribution >= 0.6 is 0 Å². The highest BCUT2D eigenvalue weighted by atomic mass is 32.2. The summed E-state index contributed by atoms with van der Waals surface area (Å²) in [6.07, 6.45) is 1.38. The van der Waals surface area contributed by atoms with Gasteiger partial charge in [0.1, 0.15) is 10.6 Å². The minimum Gasteiger partial charge on any atom is -0.629 e. The minimum atomic E-state index is -3.81. The van der Waals surface area contributed by atoms with E-state index in [2.05, 4.69) is 10.2 Å². The number of sulfone groups is 1. The van der Waals surface area contributed by atoms with Crippen LogP contribution in [0.5, 0.6) is 0 Å². The average molecular weight is 265 g/mol. The molecule has 1 heterocycles. The van der Waals surface area contributed by atoms with Crippen molar-refractivity contribution in [1.82, 2.24) is 10.2 Å². The topological polar surface area (TPSA) is 87.4 Å². The molecule has 0 saturated heterocycles. The number of para-hydroxylation sites is 1. The van der Waals surface area contributed by atoms with Crippen LogP contribution in [-0.4, -0.2) is 25.7 Å². The fraction of sp³-hybridized carbons (Fsp3) is 0.0909. The van der Waals surface area contributed by atoms with Crippen LogP contribution < -0.4 is 5.06 Å². The van der Waals surface area contributed by atoms with Crippen molar-refractivity contribution in [3.63, 3.8) is 0 Å². The standard InChI is InChI=1S/C11H11N3O3S/c1-14(15)9-5-2-3-6-10(9)18(16,17)11-7-4-8-12-13-11/h2-8,14H,1H3. The van der Waals surface area contributed by atoms with Gasteiger partial charge in [-0.25, -0.2) is 8.42 Å². The first-order valence-electron chi connectivity index (χ1n) is 5.16. The lowest BCUT2D eigenvalue weighted by atomic mass is 10.3. The number of rotatable bonds is 3. The van der Waals surface area contributed by atoms with Crippen molar-refractivity contribution >= 4 is 15.5 Å². The molecule has 6 nitrogen and oxygen atoms in total. The number of quaternary nitrogens is 1. The largest absolute Gasteiger partial charge is 0.629 e. The molecule has 0 fully saturated rings. The second-order valence-corrected chi connectivity index (χ2v) is 5.48. The fourth-order valence-electron chi connectivity index (χ4n) is 1.54. The smallest absolute Gasteiger partial charge is 0.231 e. The normalized spacial score (nSPS) is 13.2. The number of aromatic nitrogens is 2. The van der Waals surface area contributed by atoms with Gasteiger partial charge in [0.05, 0.1) is 7.05 Å². The van der Waals surface area contributed by atoms with Gasteiger partial charge in [0.15, 0.2) is 5.03 Å². The summed E-state index contributed by atoms with van der Waals surface area (Å²) in [4.78, 5) is -0.0435. The summed E-state index contributed by atoms with van der Waals surface area (Å²) in [5.74, 6) is 0. The van der Waals surface area contributed by atoms with E-state index in [0.717, 1.165) is 0 Å². The lowest BCUT2D eigenvalue weighted by Crippen LogP contribution is -2.98. The van der Waals surface area contributed by atoms with Gasteiger partial charge in [-0.05, 0) is 18.2 Å². The zero-order valence-corrected chi connectivity index (χ0v) is 10.4. The Labute approximate surface area is 104 Å². The highest BCUT2D eigenvalue weighted by Crippen LogP contribution is 2.23. The summed E-state index contributed by atoms with van der Waals surface area (Å²) >= 11 is 0. The molecule has 7 heteroatoms. The Bertz CT molecular complexity index is 642. The van der Waals surface area contributed by atoms with Gasteiger partial charge in [0.25, 0.3) is 0 Å². The van der Waals surface area contributed by atoms with E-state index in [1.165, 1.54) is 37.5 Å². The number of benzene rings is 1. The molecular formula is C11H11N3O3S. The molecule has 1 atom stereocenters. The van der Waals surface area contributed by atoms with Crippen molar-refractivity contribution in [2.75, 3.05) is 7.05 Å². The zero-order chi connectivity index (χ0) is 13.2. The van der Waals surface area contributed by atoms with Crippen LogP contribution in [0.2, 0.25) is 0 Å². The van der Waals surface area contributed by atoms with Crippen LogP contribution in [0.15, 0.2) is 52.5 Å². The summed E-state index contributed by atoms with van der Waals surface area (Å²) in [5.41, 5.74) is 0.156. The molecule has 0 aliphatic heterocycles. The summed E-state index contributed by atoms with van der Waals surface area (Å²) in [6, 6.07) is 8.88. The number of hydrogen-bond donors (Lipinski definition) is 1. The van der Waals surface area contributed by atoms with E-state index in [4.69, 9.17) is 0 Å². The molecule has 0 bridgehead atoms. The molecule has 94 valence electrons. The van der Waals surface area contributed by atoms with Crippen LogP contribution in [-0.2, 0) is 9.84 Å². The van der Waals surface area contributed by atoms with Crippen molar-refractivity contribution in [3.8, 4) is 0 Å². The summed E-state index contributed by atoms with van der Waals surface area (Å²) in [5, 5.41) is 18.1. The molecule has 18 heavy (non-hydrogen) atoms. The maximum Gasteiger partial charge on any atom is 0.231 e. The van der Waals surface area contributed by atoms with Crippen LogP contribution in [0.3, 0.4) is 0 Å². The molecule has 1 aromatic carbocycles. The van der Waals surface area contributed by atoms with E-state index >= 15 is 0 Å². The second-order valence-electron chi connectivity index (χ2n) is 3.62. The monoisotopic (exact) mass is 265 g/mol. The Morgan fingerprint density at radius 2 is 1.89 bits per heavy atom.